The first-order valence-electron chi connectivity index (χ1n) is 9.64. The summed E-state index contributed by atoms with van der Waals surface area (Å²) in [6.45, 7) is 5.39. The molecule has 4 rings (SSSR count). The van der Waals surface area contributed by atoms with Crippen LogP contribution in [-0.2, 0) is 0 Å². The second kappa shape index (κ2) is 7.87. The molecule has 1 fully saturated rings. The monoisotopic (exact) mass is 410 g/mol. The SMILES string of the molecule is COc1cc(Cl)c(C)cc1Nc1c(C(=O)N2CCCC2)cnc2nc(C)ccc12. The number of carbonyl (C=O) groups is 1. The fraction of sp³-hybridized carbons (Fsp3) is 0.318. The first-order valence-corrected chi connectivity index (χ1v) is 10.0. The highest BCUT2D eigenvalue weighted by Gasteiger charge is 2.24. The maximum atomic E-state index is 13.2. The number of methoxy groups -OCH3 is 1. The van der Waals surface area contributed by atoms with E-state index in [4.69, 9.17) is 16.3 Å². The van der Waals surface area contributed by atoms with Gasteiger partial charge < -0.3 is 15.0 Å². The lowest BCUT2D eigenvalue weighted by Crippen LogP contribution is -2.28. The summed E-state index contributed by atoms with van der Waals surface area (Å²) in [7, 11) is 1.60. The van der Waals surface area contributed by atoms with Crippen molar-refractivity contribution in [3.8, 4) is 5.75 Å². The van der Waals surface area contributed by atoms with Gasteiger partial charge in [-0.25, -0.2) is 9.97 Å². The summed E-state index contributed by atoms with van der Waals surface area (Å²) in [5.74, 6) is 0.579. The second-order valence-corrected chi connectivity index (χ2v) is 7.70. The number of ether oxygens (including phenoxy) is 1. The number of aromatic nitrogens is 2. The van der Waals surface area contributed by atoms with Gasteiger partial charge in [0.25, 0.3) is 5.91 Å². The minimum Gasteiger partial charge on any atom is -0.495 e. The number of benzene rings is 1. The average molecular weight is 411 g/mol. The molecule has 1 aromatic carbocycles. The Morgan fingerprint density at radius 3 is 2.69 bits per heavy atom. The van der Waals surface area contributed by atoms with E-state index in [1.165, 1.54) is 0 Å². The van der Waals surface area contributed by atoms with Gasteiger partial charge >= 0.3 is 0 Å². The van der Waals surface area contributed by atoms with Crippen molar-refractivity contribution in [2.24, 2.45) is 0 Å². The summed E-state index contributed by atoms with van der Waals surface area (Å²) in [4.78, 5) is 24.1. The minimum absolute atomic E-state index is 0.0235. The molecule has 29 heavy (non-hydrogen) atoms. The van der Waals surface area contributed by atoms with Crippen LogP contribution >= 0.6 is 11.6 Å². The van der Waals surface area contributed by atoms with E-state index in [-0.39, 0.29) is 5.91 Å². The van der Waals surface area contributed by atoms with Crippen LogP contribution in [0.2, 0.25) is 5.02 Å². The van der Waals surface area contributed by atoms with E-state index in [1.54, 1.807) is 19.4 Å². The van der Waals surface area contributed by atoms with E-state index in [2.05, 4.69) is 15.3 Å². The summed E-state index contributed by atoms with van der Waals surface area (Å²) in [5, 5.41) is 4.83. The van der Waals surface area contributed by atoms with Gasteiger partial charge in [0.1, 0.15) is 5.75 Å². The third kappa shape index (κ3) is 3.72. The number of hydrogen-bond acceptors (Lipinski definition) is 5. The molecule has 1 aliphatic rings. The summed E-state index contributed by atoms with van der Waals surface area (Å²) in [6.07, 6.45) is 3.67. The van der Waals surface area contributed by atoms with Gasteiger partial charge in [-0.1, -0.05) is 11.6 Å². The molecule has 150 valence electrons. The minimum atomic E-state index is -0.0235. The molecule has 1 N–H and O–H groups in total. The number of rotatable bonds is 4. The molecular weight excluding hydrogens is 388 g/mol. The smallest absolute Gasteiger partial charge is 0.257 e. The van der Waals surface area contributed by atoms with Gasteiger partial charge in [-0.3, -0.25) is 4.79 Å². The van der Waals surface area contributed by atoms with Crippen molar-refractivity contribution in [1.29, 1.82) is 0 Å². The molecule has 2 aromatic heterocycles. The van der Waals surface area contributed by atoms with Gasteiger partial charge in [0.15, 0.2) is 5.65 Å². The zero-order valence-corrected chi connectivity index (χ0v) is 17.5. The fourth-order valence-electron chi connectivity index (χ4n) is 3.62. The number of carbonyl (C=O) groups excluding carboxylic acids is 1. The number of fused-ring (bicyclic) bond motifs is 1. The molecular formula is C22H23ClN4O2. The topological polar surface area (TPSA) is 67.3 Å². The summed E-state index contributed by atoms with van der Waals surface area (Å²) in [6, 6.07) is 7.55. The van der Waals surface area contributed by atoms with Crippen molar-refractivity contribution in [1.82, 2.24) is 14.9 Å². The van der Waals surface area contributed by atoms with Gasteiger partial charge in [-0.05, 0) is 50.5 Å². The third-order valence-corrected chi connectivity index (χ3v) is 5.64. The van der Waals surface area contributed by atoms with Crippen LogP contribution in [0.15, 0.2) is 30.5 Å². The van der Waals surface area contributed by atoms with Crippen molar-refractivity contribution in [3.63, 3.8) is 0 Å². The molecule has 3 aromatic rings. The maximum Gasteiger partial charge on any atom is 0.257 e. The maximum absolute atomic E-state index is 13.2. The number of amides is 1. The highest BCUT2D eigenvalue weighted by atomic mass is 35.5. The van der Waals surface area contributed by atoms with Crippen LogP contribution in [0.25, 0.3) is 11.0 Å². The highest BCUT2D eigenvalue weighted by molar-refractivity contribution is 6.31. The molecule has 0 radical (unpaired) electrons. The highest BCUT2D eigenvalue weighted by Crippen LogP contribution is 2.36. The molecule has 3 heterocycles. The quantitative estimate of drug-likeness (QED) is 0.663. The number of hydrogen-bond donors (Lipinski definition) is 1. The van der Waals surface area contributed by atoms with Crippen molar-refractivity contribution in [2.45, 2.75) is 26.7 Å². The molecule has 1 saturated heterocycles. The molecule has 1 aliphatic heterocycles. The van der Waals surface area contributed by atoms with E-state index >= 15 is 0 Å². The third-order valence-electron chi connectivity index (χ3n) is 5.23. The lowest BCUT2D eigenvalue weighted by atomic mass is 10.1. The van der Waals surface area contributed by atoms with E-state index in [1.807, 2.05) is 36.9 Å². The Morgan fingerprint density at radius 2 is 1.97 bits per heavy atom. The average Bonchev–Trinajstić information content (AvgIpc) is 3.25. The van der Waals surface area contributed by atoms with Crippen molar-refractivity contribution >= 4 is 39.9 Å². The van der Waals surface area contributed by atoms with Crippen molar-refractivity contribution < 1.29 is 9.53 Å². The van der Waals surface area contributed by atoms with Gasteiger partial charge in [-0.15, -0.1) is 0 Å². The van der Waals surface area contributed by atoms with E-state index < -0.39 is 0 Å². The number of anilines is 2. The van der Waals surface area contributed by atoms with Gasteiger partial charge in [0, 0.05) is 41.5 Å². The van der Waals surface area contributed by atoms with Crippen LogP contribution in [-0.4, -0.2) is 41.0 Å². The van der Waals surface area contributed by atoms with Crippen LogP contribution in [0.4, 0.5) is 11.4 Å². The van der Waals surface area contributed by atoms with Crippen molar-refractivity contribution in [2.75, 3.05) is 25.5 Å². The number of nitrogens with zero attached hydrogens (tertiary/aromatic N) is 3. The number of pyridine rings is 2. The standard InChI is InChI=1S/C22H23ClN4O2/c1-13-10-18(19(29-3)11-17(13)23)26-20-15-7-6-14(2)25-21(15)24-12-16(20)22(28)27-8-4-5-9-27/h6-7,10-12H,4-5,8-9H2,1-3H3,(H,24,25,26). The Hall–Kier alpha value is -2.86. The van der Waals surface area contributed by atoms with E-state index in [0.717, 1.165) is 48.3 Å². The molecule has 6 nitrogen and oxygen atoms in total. The number of nitrogens with one attached hydrogen (secondary N) is 1. The lowest BCUT2D eigenvalue weighted by Gasteiger charge is -2.20. The second-order valence-electron chi connectivity index (χ2n) is 7.30. The molecule has 0 atom stereocenters. The van der Waals surface area contributed by atoms with Crippen LogP contribution in [0.3, 0.4) is 0 Å². The van der Waals surface area contributed by atoms with Crippen LogP contribution < -0.4 is 10.1 Å². The normalized spacial score (nSPS) is 13.7. The Balaban J connectivity index is 1.88. The summed E-state index contributed by atoms with van der Waals surface area (Å²) in [5.41, 5.74) is 4.32. The van der Waals surface area contributed by atoms with E-state index in [0.29, 0.717) is 27.7 Å². The molecule has 0 unspecified atom stereocenters. The van der Waals surface area contributed by atoms with Gasteiger partial charge in [0.2, 0.25) is 0 Å². The largest absolute Gasteiger partial charge is 0.495 e. The Bertz CT molecular complexity index is 1090. The number of likely N-dealkylation sites (tertiary alicyclic amines) is 1. The molecule has 0 spiro atoms. The first kappa shape index (κ1) is 19.5. The molecule has 0 bridgehead atoms. The van der Waals surface area contributed by atoms with Gasteiger partial charge in [-0.2, -0.15) is 0 Å². The summed E-state index contributed by atoms with van der Waals surface area (Å²) < 4.78 is 5.51. The summed E-state index contributed by atoms with van der Waals surface area (Å²) >= 11 is 6.26. The first-order chi connectivity index (χ1) is 14.0. The van der Waals surface area contributed by atoms with Crippen molar-refractivity contribution in [3.05, 3.63) is 52.3 Å². The van der Waals surface area contributed by atoms with E-state index in [9.17, 15) is 4.79 Å². The predicted molar refractivity (Wildman–Crippen MR) is 115 cm³/mol. The molecule has 7 heteroatoms. The van der Waals surface area contributed by atoms with Crippen LogP contribution in [0.5, 0.6) is 5.75 Å². The lowest BCUT2D eigenvalue weighted by molar-refractivity contribution is 0.0793. The zero-order chi connectivity index (χ0) is 20.5. The zero-order valence-electron chi connectivity index (χ0n) is 16.8. The fourth-order valence-corrected chi connectivity index (χ4v) is 3.78. The Kier molecular flexibility index (Phi) is 5.28. The Labute approximate surface area is 174 Å². The number of halogens is 1. The predicted octanol–water partition coefficient (Wildman–Crippen LogP) is 4.89. The molecule has 0 saturated carbocycles. The van der Waals surface area contributed by atoms with Crippen LogP contribution in [0, 0.1) is 13.8 Å². The molecule has 0 aliphatic carbocycles. The Morgan fingerprint density at radius 1 is 1.21 bits per heavy atom. The number of aryl methyl sites for hydroxylation is 2. The molecule has 1 amide bonds. The van der Waals surface area contributed by atoms with Gasteiger partial charge in [0.05, 0.1) is 24.0 Å². The van der Waals surface area contributed by atoms with Crippen LogP contribution in [0.1, 0.15) is 34.5 Å².